The fourth-order valence-electron chi connectivity index (χ4n) is 4.12. The van der Waals surface area contributed by atoms with Crippen molar-refractivity contribution in [2.75, 3.05) is 31.1 Å². The number of pyridine rings is 1. The van der Waals surface area contributed by atoms with Gasteiger partial charge < -0.3 is 25.4 Å². The van der Waals surface area contributed by atoms with E-state index in [0.29, 0.717) is 17.1 Å². The van der Waals surface area contributed by atoms with Crippen LogP contribution < -0.4 is 11.1 Å². The molecule has 2 aliphatic rings. The summed E-state index contributed by atoms with van der Waals surface area (Å²) in [5, 5.41) is 8.51. The van der Waals surface area contributed by atoms with Crippen molar-refractivity contribution in [2.24, 2.45) is 5.16 Å². The van der Waals surface area contributed by atoms with Crippen LogP contribution in [0.4, 0.5) is 5.13 Å². The van der Waals surface area contributed by atoms with E-state index in [2.05, 4.69) is 20.4 Å². The van der Waals surface area contributed by atoms with Crippen LogP contribution in [0.5, 0.6) is 0 Å². The minimum absolute atomic E-state index is 0.0553. The number of hydrogen-bond acceptors (Lipinski definition) is 14. The molecule has 214 valence electrons. The number of anilines is 1. The number of amides is 2. The van der Waals surface area contributed by atoms with Crippen LogP contribution in [0.15, 0.2) is 57.4 Å². The molecule has 0 bridgehead atoms. The lowest BCUT2D eigenvalue weighted by Crippen LogP contribution is -2.71. The second-order valence-corrected chi connectivity index (χ2v) is 11.5. The number of imidazole rings is 1. The number of nitrogens with two attached hydrogens (primary N) is 1. The number of carbonyl (C=O) groups excluding carboxylic acids is 4. The Bertz CT molecular complexity index is 1580. The Morgan fingerprint density at radius 2 is 2.12 bits per heavy atom. The number of rotatable bonds is 10. The number of ether oxygens (including phenoxy) is 2. The normalized spacial score (nSPS) is 18.5. The van der Waals surface area contributed by atoms with Gasteiger partial charge in [-0.15, -0.1) is 34.9 Å². The lowest BCUT2D eigenvalue weighted by Gasteiger charge is -2.49. The van der Waals surface area contributed by atoms with Crippen molar-refractivity contribution >= 4 is 75.1 Å². The van der Waals surface area contributed by atoms with Crippen LogP contribution in [0.1, 0.15) is 12.6 Å². The topological polar surface area (TPSA) is 180 Å². The zero-order valence-corrected chi connectivity index (χ0v) is 24.1. The van der Waals surface area contributed by atoms with Crippen molar-refractivity contribution in [3.63, 3.8) is 0 Å². The molecule has 41 heavy (non-hydrogen) atoms. The summed E-state index contributed by atoms with van der Waals surface area (Å²) >= 11 is 3.98. The van der Waals surface area contributed by atoms with Crippen LogP contribution >= 0.6 is 34.9 Å². The zero-order chi connectivity index (χ0) is 29.1. The molecule has 5 rings (SSSR count). The molecule has 0 unspecified atom stereocenters. The number of esters is 2. The summed E-state index contributed by atoms with van der Waals surface area (Å²) in [5.41, 5.74) is 7.23. The molecule has 0 saturated carbocycles. The van der Waals surface area contributed by atoms with Crippen molar-refractivity contribution in [3.05, 3.63) is 52.9 Å². The number of hydrogen-bond donors (Lipinski definition) is 2. The number of thiazole rings is 1. The highest BCUT2D eigenvalue weighted by Crippen LogP contribution is 2.42. The van der Waals surface area contributed by atoms with Crippen molar-refractivity contribution in [2.45, 2.75) is 23.4 Å². The van der Waals surface area contributed by atoms with E-state index in [1.54, 1.807) is 11.6 Å². The Morgan fingerprint density at radius 3 is 2.85 bits per heavy atom. The number of carbonyl (C=O) groups is 4. The van der Waals surface area contributed by atoms with Crippen LogP contribution in [0.2, 0.25) is 0 Å². The number of nitrogens with zero attached hydrogens (tertiary/aromatic N) is 5. The standard InChI is InChI=1S/C24H23N7O7S3/c1-12(32)37-11-38-23(35)19-13(8-39-16-5-3-4-15-26-6-7-30(15)16)9-40-22-18(21(34)31(19)22)28-20(33)17(29-36-2)14-10-41-24(25)27-14/h3-7,10,18,22H,8-9,11H2,1-2H3,(H2,25,27)(H,28,33)/b29-17-/t18-,22-/m1/s1. The first-order chi connectivity index (χ1) is 19.8. The molecule has 0 aromatic carbocycles. The molecule has 2 atom stereocenters. The van der Waals surface area contributed by atoms with Crippen molar-refractivity contribution in [1.29, 1.82) is 0 Å². The molecule has 1 saturated heterocycles. The largest absolute Gasteiger partial charge is 0.428 e. The fourth-order valence-corrected chi connectivity index (χ4v) is 7.17. The van der Waals surface area contributed by atoms with Gasteiger partial charge in [-0.25, -0.2) is 14.8 Å². The van der Waals surface area contributed by atoms with Crippen molar-refractivity contribution < 1.29 is 33.5 Å². The van der Waals surface area contributed by atoms with Crippen molar-refractivity contribution in [3.8, 4) is 0 Å². The summed E-state index contributed by atoms with van der Waals surface area (Å²) in [6.07, 6.45) is 3.52. The van der Waals surface area contributed by atoms with E-state index in [1.807, 2.05) is 28.8 Å². The number of thioether (sulfide) groups is 2. The molecule has 0 radical (unpaired) electrons. The Hall–Kier alpha value is -4.09. The lowest BCUT2D eigenvalue weighted by atomic mass is 10.0. The van der Waals surface area contributed by atoms with E-state index in [9.17, 15) is 19.2 Å². The summed E-state index contributed by atoms with van der Waals surface area (Å²) in [6.45, 7) is 0.590. The minimum Gasteiger partial charge on any atom is -0.428 e. The average molecular weight is 618 g/mol. The molecular formula is C24H23N7O7S3. The molecule has 14 nitrogen and oxygen atoms in total. The van der Waals surface area contributed by atoms with Crippen LogP contribution in [-0.4, -0.2) is 85.6 Å². The van der Waals surface area contributed by atoms with Gasteiger partial charge in [0.25, 0.3) is 11.8 Å². The number of oxime groups is 1. The summed E-state index contributed by atoms with van der Waals surface area (Å²) in [4.78, 5) is 65.2. The minimum atomic E-state index is -0.948. The Morgan fingerprint density at radius 1 is 1.29 bits per heavy atom. The fraction of sp³-hybridized carbons (Fsp3) is 0.292. The first-order valence-electron chi connectivity index (χ1n) is 11.9. The number of fused-ring (bicyclic) bond motifs is 2. The number of nitrogens with one attached hydrogen (secondary N) is 1. The molecule has 1 fully saturated rings. The first-order valence-corrected chi connectivity index (χ1v) is 14.8. The van der Waals surface area contributed by atoms with Gasteiger partial charge in [0.2, 0.25) is 6.79 Å². The number of aromatic nitrogens is 3. The van der Waals surface area contributed by atoms with E-state index in [0.717, 1.165) is 22.0 Å². The van der Waals surface area contributed by atoms with Gasteiger partial charge in [-0.1, -0.05) is 11.2 Å². The highest BCUT2D eigenvalue weighted by atomic mass is 32.2. The van der Waals surface area contributed by atoms with Gasteiger partial charge in [0.05, 0.1) is 5.03 Å². The van der Waals surface area contributed by atoms with Gasteiger partial charge in [-0.2, -0.15) is 0 Å². The van der Waals surface area contributed by atoms with Gasteiger partial charge in [0.1, 0.15) is 35.6 Å². The highest BCUT2D eigenvalue weighted by molar-refractivity contribution is 8.01. The third-order valence-electron chi connectivity index (χ3n) is 5.93. The second kappa shape index (κ2) is 12.2. The number of β-lactam (4-membered cyclic amide) rings is 1. The van der Waals surface area contributed by atoms with Crippen LogP contribution in [0, 0.1) is 0 Å². The molecular weight excluding hydrogens is 595 g/mol. The molecule has 5 heterocycles. The predicted octanol–water partition coefficient (Wildman–Crippen LogP) is 1.23. The molecule has 3 aromatic rings. The molecule has 3 aromatic heterocycles. The molecule has 0 aliphatic carbocycles. The second-order valence-electron chi connectivity index (χ2n) is 8.50. The van der Waals surface area contributed by atoms with E-state index in [4.69, 9.17) is 20.0 Å². The van der Waals surface area contributed by atoms with Gasteiger partial charge in [0.15, 0.2) is 10.8 Å². The van der Waals surface area contributed by atoms with Gasteiger partial charge in [-0.3, -0.25) is 23.7 Å². The maximum absolute atomic E-state index is 13.4. The van der Waals surface area contributed by atoms with Crippen molar-refractivity contribution in [1.82, 2.24) is 24.6 Å². The molecule has 0 spiro atoms. The van der Waals surface area contributed by atoms with Gasteiger partial charge in [-0.05, 0) is 17.7 Å². The Labute approximate surface area is 245 Å². The van der Waals surface area contributed by atoms with Gasteiger partial charge >= 0.3 is 11.9 Å². The highest BCUT2D eigenvalue weighted by Gasteiger charge is 2.54. The smallest absolute Gasteiger partial charge is 0.357 e. The third kappa shape index (κ3) is 5.86. The van der Waals surface area contributed by atoms with Gasteiger partial charge in [0, 0.05) is 36.2 Å². The molecule has 17 heteroatoms. The SMILES string of the molecule is CO/N=C(\C(=O)N[C@@H]1C(=O)N2C(C(=O)OCOC(C)=O)=C(CSc3cccc4nccn34)CS[C@H]12)c1csc(N)n1. The lowest BCUT2D eigenvalue weighted by molar-refractivity contribution is -0.166. The molecule has 3 N–H and O–H groups in total. The Balaban J connectivity index is 1.36. The third-order valence-corrected chi connectivity index (χ3v) is 9.06. The average Bonchev–Trinajstić information content (AvgIpc) is 3.61. The zero-order valence-electron chi connectivity index (χ0n) is 21.6. The van der Waals surface area contributed by atoms with Crippen LogP contribution in [0.25, 0.3) is 5.65 Å². The summed E-state index contributed by atoms with van der Waals surface area (Å²) in [7, 11) is 1.28. The van der Waals surface area contributed by atoms with Crippen LogP contribution in [0.3, 0.4) is 0 Å². The predicted molar refractivity (Wildman–Crippen MR) is 151 cm³/mol. The van der Waals surface area contributed by atoms with E-state index in [-0.39, 0.29) is 22.2 Å². The maximum atomic E-state index is 13.4. The monoisotopic (exact) mass is 617 g/mol. The molecule has 2 amide bonds. The molecule has 2 aliphatic heterocycles. The van der Waals surface area contributed by atoms with E-state index < -0.39 is 42.0 Å². The van der Waals surface area contributed by atoms with Crippen LogP contribution in [-0.2, 0) is 33.5 Å². The van der Waals surface area contributed by atoms with E-state index >= 15 is 0 Å². The maximum Gasteiger partial charge on any atom is 0.357 e. The summed E-state index contributed by atoms with van der Waals surface area (Å²) < 4.78 is 11.8. The number of nitrogen functional groups attached to an aromatic ring is 1. The van der Waals surface area contributed by atoms with E-state index in [1.165, 1.54) is 42.5 Å². The quantitative estimate of drug-likeness (QED) is 0.0831. The Kier molecular flexibility index (Phi) is 8.46. The summed E-state index contributed by atoms with van der Waals surface area (Å²) in [5.74, 6) is -1.88. The first kappa shape index (κ1) is 28.4. The summed E-state index contributed by atoms with van der Waals surface area (Å²) in [6, 6.07) is 4.73.